The molecule has 0 saturated carbocycles. The third-order valence-electron chi connectivity index (χ3n) is 4.85. The number of carbonyl (C=O) groups is 2. The zero-order valence-electron chi connectivity index (χ0n) is 16.8. The molecule has 158 valence electrons. The van der Waals surface area contributed by atoms with Crippen molar-refractivity contribution in [2.45, 2.75) is 19.3 Å². The van der Waals surface area contributed by atoms with Crippen molar-refractivity contribution in [3.05, 3.63) is 71.9 Å². The minimum absolute atomic E-state index is 0.0788. The molecule has 2 aromatic rings. The van der Waals surface area contributed by atoms with Crippen LogP contribution in [0.15, 0.2) is 80.8 Å². The zero-order valence-corrected chi connectivity index (χ0v) is 16.8. The summed E-state index contributed by atoms with van der Waals surface area (Å²) in [7, 11) is 0. The number of allylic oxidation sites excluding steroid dienone is 3. The van der Waals surface area contributed by atoms with Gasteiger partial charge in [0, 0.05) is 37.1 Å². The lowest BCUT2D eigenvalue weighted by Gasteiger charge is -2.20. The van der Waals surface area contributed by atoms with Crippen molar-refractivity contribution < 1.29 is 14.1 Å². The number of azo groups is 1. The summed E-state index contributed by atoms with van der Waals surface area (Å²) in [5.74, 6) is 0.851. The van der Waals surface area contributed by atoms with E-state index in [9.17, 15) is 9.59 Å². The molecule has 4 rings (SSSR count). The van der Waals surface area contributed by atoms with Crippen LogP contribution in [0.5, 0.6) is 0 Å². The van der Waals surface area contributed by atoms with E-state index in [2.05, 4.69) is 31.0 Å². The van der Waals surface area contributed by atoms with Crippen LogP contribution < -0.4 is 10.6 Å². The maximum Gasteiger partial charge on any atom is 0.276 e. The first-order valence-electron chi connectivity index (χ1n) is 10.1. The maximum absolute atomic E-state index is 12.1. The number of rotatable bonds is 9. The molecule has 0 bridgehead atoms. The standard InChI is InChI=1S/C22H22N6O3/c29-18(11-12-19-25-20(28-31-19)15-7-2-1-3-8-15)23-13-6-14-24-21-16-9-4-5-10-17(16)22(30)27-26-21/h1-5,7-10,17,24H,6,11-14H2,(H,23,29). The molecule has 2 aliphatic rings. The summed E-state index contributed by atoms with van der Waals surface area (Å²) in [5.41, 5.74) is 1.69. The van der Waals surface area contributed by atoms with Crippen LogP contribution in [0.1, 0.15) is 18.7 Å². The fourth-order valence-electron chi connectivity index (χ4n) is 3.23. The van der Waals surface area contributed by atoms with E-state index in [1.165, 1.54) is 0 Å². The number of fused-ring (bicyclic) bond motifs is 1. The average molecular weight is 418 g/mol. The Morgan fingerprint density at radius 2 is 1.97 bits per heavy atom. The summed E-state index contributed by atoms with van der Waals surface area (Å²) in [4.78, 5) is 28.2. The van der Waals surface area contributed by atoms with Crippen molar-refractivity contribution in [1.29, 1.82) is 0 Å². The quantitative estimate of drug-likeness (QED) is 0.604. The highest BCUT2D eigenvalue weighted by molar-refractivity contribution is 5.86. The Balaban J connectivity index is 1.16. The van der Waals surface area contributed by atoms with Crippen molar-refractivity contribution in [2.24, 2.45) is 16.1 Å². The van der Waals surface area contributed by atoms with Gasteiger partial charge in [0.25, 0.3) is 5.91 Å². The average Bonchev–Trinajstić information content (AvgIpc) is 3.29. The Labute approximate surface area is 179 Å². The minimum Gasteiger partial charge on any atom is -0.368 e. The van der Waals surface area contributed by atoms with Crippen molar-refractivity contribution >= 4 is 11.8 Å². The highest BCUT2D eigenvalue weighted by atomic mass is 16.5. The van der Waals surface area contributed by atoms with E-state index >= 15 is 0 Å². The van der Waals surface area contributed by atoms with Gasteiger partial charge in [-0.1, -0.05) is 59.8 Å². The van der Waals surface area contributed by atoms with E-state index in [4.69, 9.17) is 4.52 Å². The van der Waals surface area contributed by atoms with Gasteiger partial charge < -0.3 is 15.2 Å². The Kier molecular flexibility index (Phi) is 6.41. The lowest BCUT2D eigenvalue weighted by Crippen LogP contribution is -2.28. The van der Waals surface area contributed by atoms with Gasteiger partial charge in [0.1, 0.15) is 0 Å². The van der Waals surface area contributed by atoms with E-state index in [1.807, 2.05) is 54.6 Å². The Bertz CT molecular complexity index is 1070. The third-order valence-corrected chi connectivity index (χ3v) is 4.85. The van der Waals surface area contributed by atoms with Crippen molar-refractivity contribution in [2.75, 3.05) is 13.1 Å². The molecule has 0 fully saturated rings. The van der Waals surface area contributed by atoms with Gasteiger partial charge in [-0.3, -0.25) is 9.59 Å². The number of nitrogens with one attached hydrogen (secondary N) is 2. The first-order valence-corrected chi connectivity index (χ1v) is 10.1. The summed E-state index contributed by atoms with van der Waals surface area (Å²) in [6.45, 7) is 1.11. The van der Waals surface area contributed by atoms with Gasteiger partial charge in [-0.05, 0) is 6.42 Å². The Morgan fingerprint density at radius 3 is 2.84 bits per heavy atom. The highest BCUT2D eigenvalue weighted by Gasteiger charge is 2.26. The molecule has 0 spiro atoms. The predicted octanol–water partition coefficient (Wildman–Crippen LogP) is 2.71. The molecule has 0 saturated heterocycles. The second-order valence-electron chi connectivity index (χ2n) is 7.07. The van der Waals surface area contributed by atoms with Crippen LogP contribution in [0.3, 0.4) is 0 Å². The molecule has 2 N–H and O–H groups in total. The Hall–Kier alpha value is -3.88. The molecule has 1 atom stereocenters. The summed E-state index contributed by atoms with van der Waals surface area (Å²) >= 11 is 0. The lowest BCUT2D eigenvalue weighted by atomic mass is 9.93. The number of hydrogen-bond acceptors (Lipinski definition) is 7. The van der Waals surface area contributed by atoms with Gasteiger partial charge in [-0.15, -0.1) is 10.2 Å². The number of benzene rings is 1. The molecule has 0 radical (unpaired) electrons. The number of carbonyl (C=O) groups excluding carboxylic acids is 2. The Morgan fingerprint density at radius 1 is 1.10 bits per heavy atom. The molecule has 1 aliphatic carbocycles. The third kappa shape index (κ3) is 5.19. The SMILES string of the molecule is O=C(CCc1nc(-c2ccccc2)no1)NCCCNC1=C2C=CC=CC2C(=O)N=N1. The number of amides is 2. The summed E-state index contributed by atoms with van der Waals surface area (Å²) < 4.78 is 5.22. The molecule has 1 aromatic heterocycles. The molecule has 1 aliphatic heterocycles. The highest BCUT2D eigenvalue weighted by Crippen LogP contribution is 2.27. The van der Waals surface area contributed by atoms with E-state index < -0.39 is 0 Å². The topological polar surface area (TPSA) is 122 Å². The summed E-state index contributed by atoms with van der Waals surface area (Å²) in [6, 6.07) is 9.54. The molecule has 31 heavy (non-hydrogen) atoms. The fraction of sp³-hybridized carbons (Fsp3) is 0.273. The van der Waals surface area contributed by atoms with Gasteiger partial charge in [-0.25, -0.2) is 0 Å². The number of aryl methyl sites for hydroxylation is 1. The molecular formula is C22H22N6O3. The first-order chi connectivity index (χ1) is 15.2. The van der Waals surface area contributed by atoms with Crippen LogP contribution in [0, 0.1) is 5.92 Å². The second-order valence-corrected chi connectivity index (χ2v) is 7.07. The monoisotopic (exact) mass is 418 g/mol. The van der Waals surface area contributed by atoms with Crippen LogP contribution in [-0.4, -0.2) is 35.0 Å². The van der Waals surface area contributed by atoms with Crippen molar-refractivity contribution in [3.8, 4) is 11.4 Å². The molecule has 2 heterocycles. The van der Waals surface area contributed by atoms with Gasteiger partial charge >= 0.3 is 0 Å². The van der Waals surface area contributed by atoms with E-state index in [0.29, 0.717) is 43.5 Å². The maximum atomic E-state index is 12.1. The van der Waals surface area contributed by atoms with E-state index in [1.54, 1.807) is 0 Å². The number of hydrogen-bond donors (Lipinski definition) is 2. The molecule has 1 aromatic carbocycles. The second kappa shape index (κ2) is 9.75. The first kappa shape index (κ1) is 20.4. The largest absolute Gasteiger partial charge is 0.368 e. The minimum atomic E-state index is -0.364. The smallest absolute Gasteiger partial charge is 0.276 e. The van der Waals surface area contributed by atoms with E-state index in [0.717, 1.165) is 11.1 Å². The zero-order chi connectivity index (χ0) is 21.5. The number of nitrogens with zero attached hydrogens (tertiary/aromatic N) is 4. The van der Waals surface area contributed by atoms with Gasteiger partial charge in [-0.2, -0.15) is 4.98 Å². The number of aromatic nitrogens is 2. The molecule has 2 amide bonds. The molecule has 1 unspecified atom stereocenters. The van der Waals surface area contributed by atoms with Gasteiger partial charge in [0.15, 0.2) is 5.82 Å². The van der Waals surface area contributed by atoms with Crippen molar-refractivity contribution in [3.63, 3.8) is 0 Å². The summed E-state index contributed by atoms with van der Waals surface area (Å²) in [6.07, 6.45) is 8.74. The van der Waals surface area contributed by atoms with Gasteiger partial charge in [0.2, 0.25) is 17.6 Å². The summed E-state index contributed by atoms with van der Waals surface area (Å²) in [5, 5.41) is 17.7. The van der Waals surface area contributed by atoms with Crippen LogP contribution >= 0.6 is 0 Å². The fourth-order valence-corrected chi connectivity index (χ4v) is 3.23. The normalized spacial score (nSPS) is 17.0. The van der Waals surface area contributed by atoms with Gasteiger partial charge in [0.05, 0.1) is 5.92 Å². The van der Waals surface area contributed by atoms with Crippen LogP contribution in [-0.2, 0) is 16.0 Å². The molecule has 9 heteroatoms. The van der Waals surface area contributed by atoms with Crippen molar-refractivity contribution in [1.82, 2.24) is 20.8 Å². The van der Waals surface area contributed by atoms with E-state index in [-0.39, 0.29) is 24.2 Å². The molecule has 9 nitrogen and oxygen atoms in total. The van der Waals surface area contributed by atoms with Crippen LogP contribution in [0.4, 0.5) is 0 Å². The molecular weight excluding hydrogens is 396 g/mol. The predicted molar refractivity (Wildman–Crippen MR) is 112 cm³/mol. The van der Waals surface area contributed by atoms with Crippen LogP contribution in [0.25, 0.3) is 11.4 Å². The van der Waals surface area contributed by atoms with Crippen LogP contribution in [0.2, 0.25) is 0 Å². The lowest BCUT2D eigenvalue weighted by molar-refractivity contribution is -0.121.